The van der Waals surface area contributed by atoms with Gasteiger partial charge >= 0.3 is 5.97 Å². The van der Waals surface area contributed by atoms with Crippen LogP contribution in [0.3, 0.4) is 0 Å². The van der Waals surface area contributed by atoms with Crippen LogP contribution in [0.2, 0.25) is 0 Å². The normalized spacial score (nSPS) is 10.9. The first-order valence-corrected chi connectivity index (χ1v) is 6.77. The topological polar surface area (TPSA) is 95.2 Å². The van der Waals surface area contributed by atoms with Gasteiger partial charge in [-0.05, 0) is 6.07 Å². The van der Waals surface area contributed by atoms with Crippen LogP contribution >= 0.6 is 0 Å². The summed E-state index contributed by atoms with van der Waals surface area (Å²) in [6, 6.07) is 5.48. The first kappa shape index (κ1) is 14.1. The summed E-state index contributed by atoms with van der Waals surface area (Å²) in [5.74, 6) is -3.27. The molecule has 18 heavy (non-hydrogen) atoms. The number of carboxylic acids is 1. The third kappa shape index (κ3) is 3.82. The highest BCUT2D eigenvalue weighted by atomic mass is 32.2. The maximum Gasteiger partial charge on any atom is 0.304 e. The lowest BCUT2D eigenvalue weighted by molar-refractivity contribution is -0.136. The molecule has 7 heteroatoms. The number of carbonyl (C=O) groups is 1. The Bertz CT molecular complexity index is 604. The van der Waals surface area contributed by atoms with Gasteiger partial charge in [-0.25, -0.2) is 12.8 Å². The summed E-state index contributed by atoms with van der Waals surface area (Å²) in [5.41, 5.74) is -0.361. The molecule has 0 radical (unpaired) electrons. The lowest BCUT2D eigenvalue weighted by Gasteiger charge is -2.05. The minimum atomic E-state index is -3.71. The second kappa shape index (κ2) is 5.60. The van der Waals surface area contributed by atoms with Crippen molar-refractivity contribution >= 4 is 15.8 Å². The summed E-state index contributed by atoms with van der Waals surface area (Å²) < 4.78 is 36.7. The van der Waals surface area contributed by atoms with E-state index < -0.39 is 39.6 Å². The van der Waals surface area contributed by atoms with Gasteiger partial charge in [0, 0.05) is 5.56 Å². The van der Waals surface area contributed by atoms with Crippen LogP contribution in [0.4, 0.5) is 4.39 Å². The van der Waals surface area contributed by atoms with Gasteiger partial charge in [0.15, 0.2) is 9.84 Å². The highest BCUT2D eigenvalue weighted by molar-refractivity contribution is 7.90. The van der Waals surface area contributed by atoms with E-state index in [1.807, 2.05) is 0 Å². The molecule has 0 unspecified atom stereocenters. The highest BCUT2D eigenvalue weighted by Crippen LogP contribution is 2.15. The average molecular weight is 271 g/mol. The van der Waals surface area contributed by atoms with Gasteiger partial charge in [0.1, 0.15) is 11.9 Å². The minimum absolute atomic E-state index is 0.126. The second-order valence-electron chi connectivity index (χ2n) is 3.63. The molecule has 5 nitrogen and oxygen atoms in total. The molecule has 1 aromatic carbocycles. The van der Waals surface area contributed by atoms with Gasteiger partial charge in [-0.2, -0.15) is 5.26 Å². The van der Waals surface area contributed by atoms with Crippen molar-refractivity contribution in [3.05, 3.63) is 35.1 Å². The Morgan fingerprint density at radius 3 is 2.67 bits per heavy atom. The van der Waals surface area contributed by atoms with Crippen molar-refractivity contribution in [1.29, 1.82) is 5.26 Å². The molecule has 0 atom stereocenters. The van der Waals surface area contributed by atoms with Crippen molar-refractivity contribution in [1.82, 2.24) is 0 Å². The zero-order valence-electron chi connectivity index (χ0n) is 9.26. The van der Waals surface area contributed by atoms with Gasteiger partial charge in [-0.3, -0.25) is 4.79 Å². The SMILES string of the molecule is N#Cc1cccc(CS(=O)(=O)CCC(=O)O)c1F. The van der Waals surface area contributed by atoms with E-state index in [1.165, 1.54) is 18.2 Å². The number of hydrogen-bond acceptors (Lipinski definition) is 4. The number of carboxylic acid groups (broad SMARTS) is 1. The van der Waals surface area contributed by atoms with Crippen LogP contribution in [-0.2, 0) is 20.4 Å². The Balaban J connectivity index is 2.92. The molecule has 0 spiro atoms. The Kier molecular flexibility index (Phi) is 4.39. The van der Waals surface area contributed by atoms with Crippen LogP contribution in [0.1, 0.15) is 17.5 Å². The maximum absolute atomic E-state index is 13.6. The molecule has 1 aromatic rings. The average Bonchev–Trinajstić information content (AvgIpc) is 2.29. The zero-order valence-corrected chi connectivity index (χ0v) is 10.1. The van der Waals surface area contributed by atoms with Crippen LogP contribution in [0.15, 0.2) is 18.2 Å². The van der Waals surface area contributed by atoms with Crippen LogP contribution < -0.4 is 0 Å². The number of nitriles is 1. The number of sulfone groups is 1. The Labute approximate surface area is 103 Å². The molecule has 0 saturated heterocycles. The molecule has 1 N–H and O–H groups in total. The minimum Gasteiger partial charge on any atom is -0.481 e. The lowest BCUT2D eigenvalue weighted by atomic mass is 10.1. The molecule has 0 aromatic heterocycles. The van der Waals surface area contributed by atoms with E-state index in [4.69, 9.17) is 10.4 Å². The van der Waals surface area contributed by atoms with Gasteiger partial charge in [0.2, 0.25) is 0 Å². The molecule has 0 aliphatic carbocycles. The van der Waals surface area contributed by atoms with Gasteiger partial charge in [0.25, 0.3) is 0 Å². The summed E-state index contributed by atoms with van der Waals surface area (Å²) in [5, 5.41) is 17.0. The number of halogens is 1. The van der Waals surface area contributed by atoms with Crippen molar-refractivity contribution in [2.75, 3.05) is 5.75 Å². The molecular weight excluding hydrogens is 261 g/mol. The summed E-state index contributed by atoms with van der Waals surface area (Å²) in [6.07, 6.45) is -0.526. The van der Waals surface area contributed by atoms with Crippen molar-refractivity contribution in [2.45, 2.75) is 12.2 Å². The number of hydrogen-bond donors (Lipinski definition) is 1. The predicted octanol–water partition coefficient (Wildman–Crippen LogP) is 1.09. The third-order valence-electron chi connectivity index (χ3n) is 2.20. The van der Waals surface area contributed by atoms with E-state index in [9.17, 15) is 17.6 Å². The molecule has 0 aliphatic heterocycles. The Morgan fingerprint density at radius 1 is 1.44 bits per heavy atom. The molecule has 0 saturated carbocycles. The third-order valence-corrected chi connectivity index (χ3v) is 3.78. The van der Waals surface area contributed by atoms with Crippen LogP contribution in [0, 0.1) is 17.1 Å². The number of aliphatic carboxylic acids is 1. The Hall–Kier alpha value is -1.94. The molecule has 0 fully saturated rings. The summed E-state index contributed by atoms with van der Waals surface area (Å²) in [7, 11) is -3.71. The van der Waals surface area contributed by atoms with Crippen molar-refractivity contribution in [3.8, 4) is 6.07 Å². The van der Waals surface area contributed by atoms with E-state index in [0.717, 1.165) is 0 Å². The quantitative estimate of drug-likeness (QED) is 0.864. The van der Waals surface area contributed by atoms with E-state index in [0.29, 0.717) is 0 Å². The first-order valence-electron chi connectivity index (χ1n) is 4.95. The molecule has 0 heterocycles. The van der Waals surface area contributed by atoms with E-state index in [-0.39, 0.29) is 11.1 Å². The molecule has 0 bridgehead atoms. The first-order chi connectivity index (χ1) is 8.35. The second-order valence-corrected chi connectivity index (χ2v) is 5.81. The monoisotopic (exact) mass is 271 g/mol. The Morgan fingerprint density at radius 2 is 2.11 bits per heavy atom. The fraction of sp³-hybridized carbons (Fsp3) is 0.273. The fourth-order valence-corrected chi connectivity index (χ4v) is 2.66. The van der Waals surface area contributed by atoms with E-state index >= 15 is 0 Å². The zero-order chi connectivity index (χ0) is 13.8. The smallest absolute Gasteiger partial charge is 0.304 e. The molecule has 96 valence electrons. The van der Waals surface area contributed by atoms with Crippen LogP contribution in [0.5, 0.6) is 0 Å². The highest BCUT2D eigenvalue weighted by Gasteiger charge is 2.17. The van der Waals surface area contributed by atoms with Crippen molar-refractivity contribution in [3.63, 3.8) is 0 Å². The van der Waals surface area contributed by atoms with Gasteiger partial charge in [-0.1, -0.05) is 12.1 Å². The van der Waals surface area contributed by atoms with Gasteiger partial charge in [-0.15, -0.1) is 0 Å². The standard InChI is InChI=1S/C11H10FNO4S/c12-11-8(6-13)2-1-3-9(11)7-18(16,17)5-4-10(14)15/h1-3H,4-5,7H2,(H,14,15). The van der Waals surface area contributed by atoms with E-state index in [2.05, 4.69) is 0 Å². The summed E-state index contributed by atoms with van der Waals surface area (Å²) in [6.45, 7) is 0. The number of nitrogens with zero attached hydrogens (tertiary/aromatic N) is 1. The molecule has 0 amide bonds. The van der Waals surface area contributed by atoms with E-state index in [1.54, 1.807) is 6.07 Å². The van der Waals surface area contributed by atoms with Gasteiger partial charge < -0.3 is 5.11 Å². The molecular formula is C11H10FNO4S. The molecule has 1 rings (SSSR count). The largest absolute Gasteiger partial charge is 0.481 e. The maximum atomic E-state index is 13.6. The van der Waals surface area contributed by atoms with Crippen LogP contribution in [0.25, 0.3) is 0 Å². The summed E-state index contributed by atoms with van der Waals surface area (Å²) in [4.78, 5) is 10.3. The molecule has 0 aliphatic rings. The van der Waals surface area contributed by atoms with Crippen molar-refractivity contribution < 1.29 is 22.7 Å². The van der Waals surface area contributed by atoms with Crippen LogP contribution in [-0.4, -0.2) is 25.2 Å². The fourth-order valence-electron chi connectivity index (χ4n) is 1.33. The number of benzene rings is 1. The number of rotatable bonds is 5. The predicted molar refractivity (Wildman–Crippen MR) is 60.9 cm³/mol. The summed E-state index contributed by atoms with van der Waals surface area (Å²) >= 11 is 0. The van der Waals surface area contributed by atoms with Gasteiger partial charge in [0.05, 0.1) is 23.5 Å². The van der Waals surface area contributed by atoms with Crippen molar-refractivity contribution in [2.24, 2.45) is 0 Å². The lowest BCUT2D eigenvalue weighted by Crippen LogP contribution is -2.14.